The van der Waals surface area contributed by atoms with Gasteiger partial charge in [0.25, 0.3) is 0 Å². The van der Waals surface area contributed by atoms with E-state index in [2.05, 4.69) is 16.5 Å². The number of nitrogens with one attached hydrogen (secondary N) is 1. The summed E-state index contributed by atoms with van der Waals surface area (Å²) in [5, 5.41) is 0. The third kappa shape index (κ3) is 19.1. The Morgan fingerprint density at radius 1 is 0.654 bits per heavy atom. The van der Waals surface area contributed by atoms with Crippen molar-refractivity contribution in [2.24, 2.45) is 0 Å². The maximum absolute atomic E-state index is 11.4. The Morgan fingerprint density at radius 3 is 1.50 bits per heavy atom. The molecule has 0 aliphatic carbocycles. The van der Waals surface area contributed by atoms with Crippen LogP contribution in [0.2, 0.25) is 0 Å². The molecule has 26 heavy (non-hydrogen) atoms. The number of rotatable bonds is 17. The van der Waals surface area contributed by atoms with Crippen molar-refractivity contribution < 1.29 is 19.2 Å². The van der Waals surface area contributed by atoms with Gasteiger partial charge < -0.3 is 9.57 Å². The van der Waals surface area contributed by atoms with Crippen LogP contribution in [-0.4, -0.2) is 18.7 Å². The summed E-state index contributed by atoms with van der Waals surface area (Å²) in [5.41, 5.74) is 1.97. The Balaban J connectivity index is 3.17. The van der Waals surface area contributed by atoms with Crippen LogP contribution in [0.3, 0.4) is 0 Å². The minimum absolute atomic E-state index is 0.252. The molecular formula is C21H41NO4. The summed E-state index contributed by atoms with van der Waals surface area (Å²) in [4.78, 5) is 27.0. The number of hydrogen-bond donors (Lipinski definition) is 1. The number of unbranched alkanes of at least 4 members (excludes halogenated alkanes) is 14. The third-order valence-corrected chi connectivity index (χ3v) is 4.51. The molecule has 1 N–H and O–H groups in total. The average Bonchev–Trinajstić information content (AvgIpc) is 2.63. The van der Waals surface area contributed by atoms with Crippen LogP contribution in [0.5, 0.6) is 0 Å². The highest BCUT2D eigenvalue weighted by molar-refractivity contribution is 5.72. The van der Waals surface area contributed by atoms with Crippen molar-refractivity contribution in [1.29, 1.82) is 0 Å². The normalized spacial score (nSPS) is 10.5. The predicted molar refractivity (Wildman–Crippen MR) is 106 cm³/mol. The van der Waals surface area contributed by atoms with Crippen molar-refractivity contribution in [2.45, 2.75) is 117 Å². The second-order valence-electron chi connectivity index (χ2n) is 7.00. The SMILES string of the molecule is CCCCCCCCCCCCCCCCCC(=O)ONC(=O)OCC. The topological polar surface area (TPSA) is 64.6 Å². The van der Waals surface area contributed by atoms with Crippen LogP contribution in [0.15, 0.2) is 0 Å². The van der Waals surface area contributed by atoms with Gasteiger partial charge >= 0.3 is 12.1 Å². The van der Waals surface area contributed by atoms with Crippen LogP contribution in [0.25, 0.3) is 0 Å². The van der Waals surface area contributed by atoms with E-state index in [-0.39, 0.29) is 6.61 Å². The van der Waals surface area contributed by atoms with E-state index < -0.39 is 12.1 Å². The van der Waals surface area contributed by atoms with E-state index in [4.69, 9.17) is 0 Å². The second-order valence-corrected chi connectivity index (χ2v) is 7.00. The summed E-state index contributed by atoms with van der Waals surface area (Å²) < 4.78 is 4.60. The van der Waals surface area contributed by atoms with E-state index in [1.54, 1.807) is 6.92 Å². The Labute approximate surface area is 160 Å². The van der Waals surface area contributed by atoms with Gasteiger partial charge in [-0.25, -0.2) is 9.59 Å². The molecule has 154 valence electrons. The molecule has 0 aromatic carbocycles. The maximum atomic E-state index is 11.4. The first-order valence-corrected chi connectivity index (χ1v) is 10.8. The molecule has 1 amide bonds. The van der Waals surface area contributed by atoms with Crippen molar-refractivity contribution >= 4 is 12.1 Å². The number of hydroxylamine groups is 1. The van der Waals surface area contributed by atoms with E-state index in [1.165, 1.54) is 77.0 Å². The zero-order chi connectivity index (χ0) is 19.3. The monoisotopic (exact) mass is 371 g/mol. The predicted octanol–water partition coefficient (Wildman–Crippen LogP) is 6.45. The maximum Gasteiger partial charge on any atom is 0.440 e. The molecule has 0 saturated carbocycles. The summed E-state index contributed by atoms with van der Waals surface area (Å²) in [6, 6.07) is 0. The highest BCUT2D eigenvalue weighted by Crippen LogP contribution is 2.13. The summed E-state index contributed by atoms with van der Waals surface area (Å²) in [6.45, 7) is 4.21. The zero-order valence-corrected chi connectivity index (χ0v) is 17.2. The molecule has 0 aliphatic heterocycles. The van der Waals surface area contributed by atoms with Crippen molar-refractivity contribution in [1.82, 2.24) is 5.48 Å². The molecule has 0 atom stereocenters. The molecule has 0 spiro atoms. The first-order valence-electron chi connectivity index (χ1n) is 10.8. The van der Waals surface area contributed by atoms with E-state index in [0.29, 0.717) is 6.42 Å². The van der Waals surface area contributed by atoms with Gasteiger partial charge in [-0.15, -0.1) is 5.48 Å². The quantitative estimate of drug-likeness (QED) is 0.236. The molecule has 0 saturated heterocycles. The number of hydrogen-bond acceptors (Lipinski definition) is 4. The number of carbonyl (C=O) groups excluding carboxylic acids is 2. The van der Waals surface area contributed by atoms with Gasteiger partial charge in [-0.1, -0.05) is 96.8 Å². The van der Waals surface area contributed by atoms with Crippen LogP contribution >= 0.6 is 0 Å². The summed E-state index contributed by atoms with van der Waals surface area (Å²) in [5.74, 6) is -0.409. The largest absolute Gasteiger partial charge is 0.448 e. The highest BCUT2D eigenvalue weighted by atomic mass is 16.7. The van der Waals surface area contributed by atoms with Crippen LogP contribution < -0.4 is 5.48 Å². The van der Waals surface area contributed by atoms with E-state index >= 15 is 0 Å². The van der Waals surface area contributed by atoms with Crippen molar-refractivity contribution in [3.63, 3.8) is 0 Å². The van der Waals surface area contributed by atoms with Gasteiger partial charge in [0, 0.05) is 6.42 Å². The molecule has 5 nitrogen and oxygen atoms in total. The lowest BCUT2D eigenvalue weighted by atomic mass is 10.0. The van der Waals surface area contributed by atoms with Gasteiger partial charge in [-0.3, -0.25) is 0 Å². The molecule has 0 radical (unpaired) electrons. The van der Waals surface area contributed by atoms with Crippen LogP contribution in [0.1, 0.15) is 117 Å². The molecule has 5 heteroatoms. The Morgan fingerprint density at radius 2 is 1.08 bits per heavy atom. The molecular weight excluding hydrogens is 330 g/mol. The number of amides is 1. The van der Waals surface area contributed by atoms with E-state index in [0.717, 1.165) is 19.3 Å². The van der Waals surface area contributed by atoms with Crippen LogP contribution in [-0.2, 0) is 14.4 Å². The Kier molecular flexibility index (Phi) is 19.1. The average molecular weight is 372 g/mol. The fourth-order valence-electron chi connectivity index (χ4n) is 2.95. The molecule has 0 aromatic rings. The van der Waals surface area contributed by atoms with Crippen molar-refractivity contribution in [2.75, 3.05) is 6.61 Å². The van der Waals surface area contributed by atoms with Gasteiger partial charge in [0.15, 0.2) is 0 Å². The Hall–Kier alpha value is -1.26. The van der Waals surface area contributed by atoms with E-state index in [9.17, 15) is 9.59 Å². The summed E-state index contributed by atoms with van der Waals surface area (Å²) in [6.07, 6.45) is 19.0. The van der Waals surface area contributed by atoms with Gasteiger partial charge in [-0.2, -0.15) is 0 Å². The fourth-order valence-corrected chi connectivity index (χ4v) is 2.95. The van der Waals surface area contributed by atoms with Gasteiger partial charge in [0.1, 0.15) is 0 Å². The summed E-state index contributed by atoms with van der Waals surface area (Å²) >= 11 is 0. The second kappa shape index (κ2) is 20.1. The molecule has 0 heterocycles. The lowest BCUT2D eigenvalue weighted by Gasteiger charge is -2.05. The molecule has 0 unspecified atom stereocenters. The number of carbonyl (C=O) groups is 2. The minimum atomic E-state index is -0.725. The first kappa shape index (κ1) is 24.7. The van der Waals surface area contributed by atoms with Gasteiger partial charge in [0.2, 0.25) is 0 Å². The molecule has 0 aliphatic rings. The number of ether oxygens (including phenoxy) is 1. The minimum Gasteiger partial charge on any atom is -0.448 e. The fraction of sp³-hybridized carbons (Fsp3) is 0.905. The van der Waals surface area contributed by atoms with E-state index in [1.807, 2.05) is 5.48 Å². The van der Waals surface area contributed by atoms with Crippen molar-refractivity contribution in [3.05, 3.63) is 0 Å². The lowest BCUT2D eigenvalue weighted by Crippen LogP contribution is -2.27. The smallest absolute Gasteiger partial charge is 0.440 e. The third-order valence-electron chi connectivity index (χ3n) is 4.51. The first-order chi connectivity index (χ1) is 12.7. The van der Waals surface area contributed by atoms with Gasteiger partial charge in [0.05, 0.1) is 6.61 Å². The van der Waals surface area contributed by atoms with Crippen LogP contribution in [0.4, 0.5) is 4.79 Å². The van der Waals surface area contributed by atoms with Gasteiger partial charge in [-0.05, 0) is 13.3 Å². The Bertz CT molecular complexity index is 334. The zero-order valence-electron chi connectivity index (χ0n) is 17.2. The molecule has 0 rings (SSSR count). The highest BCUT2D eigenvalue weighted by Gasteiger charge is 2.06. The molecule has 0 fully saturated rings. The lowest BCUT2D eigenvalue weighted by molar-refractivity contribution is -0.149. The summed E-state index contributed by atoms with van der Waals surface area (Å²) in [7, 11) is 0. The molecule has 0 bridgehead atoms. The van der Waals surface area contributed by atoms with Crippen molar-refractivity contribution in [3.8, 4) is 0 Å². The molecule has 0 aromatic heterocycles. The van der Waals surface area contributed by atoms with Crippen LogP contribution in [0, 0.1) is 0 Å². The standard InChI is InChI=1S/C21H41NO4/c1-3-5-6-7-8-9-10-11-12-13-14-15-16-17-18-19-20(23)26-22-21(24)25-4-2/h3-19H2,1-2H3,(H,22,24).